The van der Waals surface area contributed by atoms with Crippen LogP contribution in [0.4, 0.5) is 0 Å². The van der Waals surface area contributed by atoms with Crippen LogP contribution in [0, 0.1) is 5.92 Å². The van der Waals surface area contributed by atoms with Crippen LogP contribution in [-0.4, -0.2) is 48.8 Å². The average molecular weight is 345 g/mol. The number of thiophene rings is 1. The van der Waals surface area contributed by atoms with Crippen molar-refractivity contribution in [2.24, 2.45) is 5.92 Å². The third-order valence-corrected chi connectivity index (χ3v) is 7.03. The van der Waals surface area contributed by atoms with Gasteiger partial charge >= 0.3 is 0 Å². The number of hydrogen-bond donors (Lipinski definition) is 2. The average Bonchev–Trinajstić information content (AvgIpc) is 3.05. The second-order valence-electron chi connectivity index (χ2n) is 7.41. The lowest BCUT2D eigenvalue weighted by Gasteiger charge is -2.36. The maximum atomic E-state index is 9.90. The van der Waals surface area contributed by atoms with E-state index in [2.05, 4.69) is 40.5 Å². The highest BCUT2D eigenvalue weighted by Crippen LogP contribution is 2.41. The van der Waals surface area contributed by atoms with Gasteiger partial charge in [-0.05, 0) is 49.1 Å². The molecule has 2 aliphatic rings. The minimum Gasteiger partial charge on any atom is -0.393 e. The number of aliphatic hydroxyl groups excluding tert-OH is 1. The van der Waals surface area contributed by atoms with E-state index in [0.717, 1.165) is 44.9 Å². The summed E-state index contributed by atoms with van der Waals surface area (Å²) in [5.41, 5.74) is 0. The molecule has 2 heterocycles. The van der Waals surface area contributed by atoms with Crippen molar-refractivity contribution in [2.75, 3.05) is 32.7 Å². The van der Waals surface area contributed by atoms with Gasteiger partial charge in [-0.3, -0.25) is 0 Å². The first-order valence-electron chi connectivity index (χ1n) is 9.39. The molecule has 0 spiro atoms. The third kappa shape index (κ3) is 3.67. The minimum absolute atomic E-state index is 0.0662. The van der Waals surface area contributed by atoms with Crippen molar-refractivity contribution in [2.45, 2.75) is 37.7 Å². The van der Waals surface area contributed by atoms with Crippen molar-refractivity contribution in [3.8, 4) is 0 Å². The van der Waals surface area contributed by atoms with Gasteiger partial charge in [-0.15, -0.1) is 11.3 Å². The van der Waals surface area contributed by atoms with Gasteiger partial charge in [0, 0.05) is 48.2 Å². The summed E-state index contributed by atoms with van der Waals surface area (Å²) in [6.45, 7) is 5.73. The lowest BCUT2D eigenvalue weighted by atomic mass is 9.78. The van der Waals surface area contributed by atoms with E-state index < -0.39 is 0 Å². The maximum Gasteiger partial charge on any atom is 0.0540 e. The van der Waals surface area contributed by atoms with Crippen LogP contribution in [0.25, 0.3) is 10.1 Å². The molecule has 3 nitrogen and oxygen atoms in total. The number of aliphatic hydroxyl groups is 1. The van der Waals surface area contributed by atoms with Crippen LogP contribution < -0.4 is 5.32 Å². The van der Waals surface area contributed by atoms with Crippen molar-refractivity contribution in [3.63, 3.8) is 0 Å². The standard InChI is InChI=1S/C20H28N2OS/c23-17-7-5-15(6-8-17)18(14-22-11-9-21-10-12-22)20-13-16-3-1-2-4-19(16)24-20/h1-4,13,15,17-18,21,23H,5-12,14H2. The first-order chi connectivity index (χ1) is 11.8. The molecule has 1 unspecified atom stereocenters. The molecule has 0 bridgehead atoms. The molecule has 1 aliphatic carbocycles. The molecule has 2 aromatic rings. The fraction of sp³-hybridized carbons (Fsp3) is 0.600. The number of nitrogens with one attached hydrogen (secondary N) is 1. The lowest BCUT2D eigenvalue weighted by Crippen LogP contribution is -2.45. The Kier molecular flexibility index (Phi) is 5.18. The number of nitrogens with zero attached hydrogens (tertiary/aromatic N) is 1. The Morgan fingerprint density at radius 1 is 1.12 bits per heavy atom. The van der Waals surface area contributed by atoms with E-state index in [9.17, 15) is 5.11 Å². The van der Waals surface area contributed by atoms with Crippen LogP contribution in [0.1, 0.15) is 36.5 Å². The van der Waals surface area contributed by atoms with E-state index in [4.69, 9.17) is 0 Å². The zero-order valence-corrected chi connectivity index (χ0v) is 15.1. The van der Waals surface area contributed by atoms with Gasteiger partial charge in [0.1, 0.15) is 0 Å². The molecule has 1 atom stereocenters. The van der Waals surface area contributed by atoms with Gasteiger partial charge in [0.15, 0.2) is 0 Å². The van der Waals surface area contributed by atoms with E-state index in [-0.39, 0.29) is 6.10 Å². The summed E-state index contributed by atoms with van der Waals surface area (Å²) in [6.07, 6.45) is 4.24. The highest BCUT2D eigenvalue weighted by molar-refractivity contribution is 7.19. The molecular formula is C20H28N2OS. The first-order valence-corrected chi connectivity index (χ1v) is 10.2. The number of benzene rings is 1. The van der Waals surface area contributed by atoms with Gasteiger partial charge in [-0.25, -0.2) is 0 Å². The van der Waals surface area contributed by atoms with Crippen LogP contribution in [0.15, 0.2) is 30.3 Å². The number of piperazine rings is 1. The second kappa shape index (κ2) is 7.52. The highest BCUT2D eigenvalue weighted by Gasteiger charge is 2.30. The summed E-state index contributed by atoms with van der Waals surface area (Å²) < 4.78 is 1.41. The summed E-state index contributed by atoms with van der Waals surface area (Å²) in [6, 6.07) is 11.2. The summed E-state index contributed by atoms with van der Waals surface area (Å²) >= 11 is 1.98. The third-order valence-electron chi connectivity index (χ3n) is 5.78. The molecule has 1 saturated carbocycles. The smallest absolute Gasteiger partial charge is 0.0540 e. The topological polar surface area (TPSA) is 35.5 Å². The highest BCUT2D eigenvalue weighted by atomic mass is 32.1. The molecule has 2 fully saturated rings. The lowest BCUT2D eigenvalue weighted by molar-refractivity contribution is 0.0937. The van der Waals surface area contributed by atoms with E-state index in [1.165, 1.54) is 29.5 Å². The van der Waals surface area contributed by atoms with Crippen molar-refractivity contribution in [1.82, 2.24) is 10.2 Å². The number of fused-ring (bicyclic) bond motifs is 1. The molecule has 1 aliphatic heterocycles. The van der Waals surface area contributed by atoms with Crippen LogP contribution in [-0.2, 0) is 0 Å². The Balaban J connectivity index is 1.58. The predicted molar refractivity (Wildman–Crippen MR) is 102 cm³/mol. The van der Waals surface area contributed by atoms with E-state index in [1.54, 1.807) is 4.88 Å². The molecule has 130 valence electrons. The molecule has 4 rings (SSSR count). The molecule has 1 saturated heterocycles. The van der Waals surface area contributed by atoms with E-state index >= 15 is 0 Å². The van der Waals surface area contributed by atoms with Crippen LogP contribution in [0.3, 0.4) is 0 Å². The van der Waals surface area contributed by atoms with Crippen molar-refractivity contribution >= 4 is 21.4 Å². The van der Waals surface area contributed by atoms with E-state index in [1.807, 2.05) is 11.3 Å². The normalized spacial score (nSPS) is 27.4. The zero-order valence-electron chi connectivity index (χ0n) is 14.3. The van der Waals surface area contributed by atoms with Gasteiger partial charge in [0.25, 0.3) is 0 Å². The molecule has 0 radical (unpaired) electrons. The quantitative estimate of drug-likeness (QED) is 0.892. The summed E-state index contributed by atoms with van der Waals surface area (Å²) in [5.74, 6) is 1.34. The van der Waals surface area contributed by atoms with Gasteiger partial charge < -0.3 is 15.3 Å². The SMILES string of the molecule is OC1CCC(C(CN2CCNCC2)c2cc3ccccc3s2)CC1. The fourth-order valence-electron chi connectivity index (χ4n) is 4.33. The van der Waals surface area contributed by atoms with Crippen LogP contribution in [0.5, 0.6) is 0 Å². The molecule has 24 heavy (non-hydrogen) atoms. The van der Waals surface area contributed by atoms with Gasteiger partial charge in [-0.1, -0.05) is 18.2 Å². The Hall–Kier alpha value is -0.940. The summed E-state index contributed by atoms with van der Waals surface area (Å²) in [5, 5.41) is 14.7. The molecule has 2 N–H and O–H groups in total. The predicted octanol–water partition coefficient (Wildman–Crippen LogP) is 3.44. The van der Waals surface area contributed by atoms with Crippen molar-refractivity contribution in [1.29, 1.82) is 0 Å². The molecular weight excluding hydrogens is 316 g/mol. The summed E-state index contributed by atoms with van der Waals surface area (Å²) in [7, 11) is 0. The Morgan fingerprint density at radius 2 is 1.88 bits per heavy atom. The van der Waals surface area contributed by atoms with E-state index in [0.29, 0.717) is 5.92 Å². The van der Waals surface area contributed by atoms with Crippen molar-refractivity contribution < 1.29 is 5.11 Å². The zero-order chi connectivity index (χ0) is 16.4. The molecule has 1 aromatic heterocycles. The Morgan fingerprint density at radius 3 is 2.62 bits per heavy atom. The molecule has 0 amide bonds. The van der Waals surface area contributed by atoms with Crippen LogP contribution >= 0.6 is 11.3 Å². The van der Waals surface area contributed by atoms with Gasteiger partial charge in [-0.2, -0.15) is 0 Å². The fourth-order valence-corrected chi connectivity index (χ4v) is 5.58. The molecule has 4 heteroatoms. The summed E-state index contributed by atoms with van der Waals surface area (Å²) in [4.78, 5) is 4.19. The van der Waals surface area contributed by atoms with Crippen LogP contribution in [0.2, 0.25) is 0 Å². The second-order valence-corrected chi connectivity index (χ2v) is 8.53. The Labute approximate surface area is 148 Å². The minimum atomic E-state index is -0.0662. The van der Waals surface area contributed by atoms with Gasteiger partial charge in [0.05, 0.1) is 6.10 Å². The van der Waals surface area contributed by atoms with Crippen molar-refractivity contribution in [3.05, 3.63) is 35.2 Å². The monoisotopic (exact) mass is 344 g/mol. The number of hydrogen-bond acceptors (Lipinski definition) is 4. The Bertz CT molecular complexity index is 623. The largest absolute Gasteiger partial charge is 0.393 e. The number of rotatable bonds is 4. The first kappa shape index (κ1) is 16.5. The van der Waals surface area contributed by atoms with Gasteiger partial charge in [0.2, 0.25) is 0 Å². The molecule has 1 aromatic carbocycles. The maximum absolute atomic E-state index is 9.90.